The van der Waals surface area contributed by atoms with Gasteiger partial charge >= 0.3 is 6.09 Å². The van der Waals surface area contributed by atoms with Crippen molar-refractivity contribution in [3.05, 3.63) is 35.9 Å². The maximum absolute atomic E-state index is 12.4. The number of nitrogens with zero attached hydrogens (tertiary/aromatic N) is 2. The molecule has 1 N–H and O–H groups in total. The molecule has 1 saturated heterocycles. The van der Waals surface area contributed by atoms with Gasteiger partial charge in [-0.05, 0) is 26.3 Å². The van der Waals surface area contributed by atoms with Gasteiger partial charge in [-0.2, -0.15) is 0 Å². The predicted octanol–water partition coefficient (Wildman–Crippen LogP) is 2.57. The minimum atomic E-state index is -0.530. The fraction of sp³-hybridized carbons (Fsp3) is 0.679. The largest absolute Gasteiger partial charge is 0.444 e. The molecule has 1 atom stereocenters. The zero-order chi connectivity index (χ0) is 26.8. The zero-order valence-electron chi connectivity index (χ0n) is 22.8. The van der Waals surface area contributed by atoms with E-state index in [2.05, 4.69) is 21.0 Å². The lowest BCUT2D eigenvalue weighted by molar-refractivity contribution is -0.00272. The highest BCUT2D eigenvalue weighted by molar-refractivity contribution is 5.68. The molecule has 1 aliphatic heterocycles. The van der Waals surface area contributed by atoms with Gasteiger partial charge in [0, 0.05) is 39.3 Å². The molecule has 9 heteroatoms. The van der Waals surface area contributed by atoms with Crippen LogP contribution in [-0.2, 0) is 23.7 Å². The summed E-state index contributed by atoms with van der Waals surface area (Å²) in [5, 5.41) is 3.06. The van der Waals surface area contributed by atoms with E-state index >= 15 is 0 Å². The third-order valence-electron chi connectivity index (χ3n) is 5.65. The minimum Gasteiger partial charge on any atom is -0.444 e. The Kier molecular flexibility index (Phi) is 15.2. The Morgan fingerprint density at radius 2 is 1.43 bits per heavy atom. The van der Waals surface area contributed by atoms with Gasteiger partial charge in [0.1, 0.15) is 12.2 Å². The molecule has 37 heavy (non-hydrogen) atoms. The van der Waals surface area contributed by atoms with Crippen molar-refractivity contribution < 1.29 is 28.5 Å². The molecule has 0 unspecified atom stereocenters. The molecule has 0 bridgehead atoms. The molecule has 208 valence electrons. The van der Waals surface area contributed by atoms with Crippen molar-refractivity contribution in [3.63, 3.8) is 0 Å². The molecule has 0 radical (unpaired) electrons. The summed E-state index contributed by atoms with van der Waals surface area (Å²) in [6.07, 6.45) is 4.71. The highest BCUT2D eigenvalue weighted by atomic mass is 16.6. The maximum atomic E-state index is 12.4. The number of hydrogen-bond acceptors (Lipinski definition) is 8. The van der Waals surface area contributed by atoms with E-state index in [1.807, 2.05) is 51.1 Å². The van der Waals surface area contributed by atoms with Crippen LogP contribution < -0.4 is 5.32 Å². The predicted molar refractivity (Wildman–Crippen MR) is 144 cm³/mol. The van der Waals surface area contributed by atoms with E-state index in [0.29, 0.717) is 52.9 Å². The Balaban J connectivity index is 1.57. The summed E-state index contributed by atoms with van der Waals surface area (Å²) < 4.78 is 27.2. The topological polar surface area (TPSA) is 81.7 Å². The number of carbonyl (C=O) groups is 1. The number of alkyl carbamates (subject to hydrolysis) is 1. The number of amides is 1. The summed E-state index contributed by atoms with van der Waals surface area (Å²) in [5.74, 6) is 2.41. The molecule has 9 nitrogen and oxygen atoms in total. The average Bonchev–Trinajstić information content (AvgIpc) is 2.87. The quantitative estimate of drug-likeness (QED) is 0.249. The summed E-state index contributed by atoms with van der Waals surface area (Å²) >= 11 is 0. The zero-order valence-corrected chi connectivity index (χ0v) is 22.8. The monoisotopic (exact) mass is 519 g/mol. The van der Waals surface area contributed by atoms with E-state index in [1.165, 1.54) is 0 Å². The number of hydrogen-bond donors (Lipinski definition) is 1. The fourth-order valence-corrected chi connectivity index (χ4v) is 3.81. The van der Waals surface area contributed by atoms with Crippen LogP contribution in [0.4, 0.5) is 4.79 Å². The van der Waals surface area contributed by atoms with Gasteiger partial charge in [-0.15, -0.1) is 6.42 Å². The molecule has 2 rings (SSSR count). The molecule has 1 aromatic carbocycles. The lowest BCUT2D eigenvalue weighted by atomic mass is 10.1. The van der Waals surface area contributed by atoms with Crippen LogP contribution in [0.1, 0.15) is 32.4 Å². The van der Waals surface area contributed by atoms with Gasteiger partial charge in [-0.1, -0.05) is 36.3 Å². The van der Waals surface area contributed by atoms with Crippen LogP contribution in [0, 0.1) is 12.3 Å². The van der Waals surface area contributed by atoms with Crippen LogP contribution in [0.5, 0.6) is 0 Å². The number of piperazine rings is 1. The first-order chi connectivity index (χ1) is 17.9. The lowest BCUT2D eigenvalue weighted by Crippen LogP contribution is -2.50. The van der Waals surface area contributed by atoms with Crippen molar-refractivity contribution in [3.8, 4) is 12.3 Å². The second-order valence-electron chi connectivity index (χ2n) is 9.85. The van der Waals surface area contributed by atoms with Gasteiger partial charge in [0.2, 0.25) is 0 Å². The SMILES string of the molecule is C#CCOCCOCCOCCOCCN1CCN(C[C@H](NC(=O)OC(C)(C)C)c2ccccc2)CC1. The number of ether oxygens (including phenoxy) is 5. The van der Waals surface area contributed by atoms with Crippen LogP contribution in [0.25, 0.3) is 0 Å². The average molecular weight is 520 g/mol. The molecule has 0 spiro atoms. The van der Waals surface area contributed by atoms with Gasteiger partial charge < -0.3 is 29.0 Å². The summed E-state index contributed by atoms with van der Waals surface area (Å²) in [4.78, 5) is 17.2. The molecule has 0 saturated carbocycles. The van der Waals surface area contributed by atoms with Crippen molar-refractivity contribution in [2.45, 2.75) is 32.4 Å². The second kappa shape index (κ2) is 18.1. The fourth-order valence-electron chi connectivity index (χ4n) is 3.81. The van der Waals surface area contributed by atoms with Crippen molar-refractivity contribution in [2.75, 3.05) is 92.1 Å². The normalized spacial score (nSPS) is 15.7. The molecule has 1 heterocycles. The number of rotatable bonds is 17. The van der Waals surface area contributed by atoms with Crippen molar-refractivity contribution in [2.24, 2.45) is 0 Å². The highest BCUT2D eigenvalue weighted by Crippen LogP contribution is 2.17. The van der Waals surface area contributed by atoms with Crippen molar-refractivity contribution in [1.82, 2.24) is 15.1 Å². The van der Waals surface area contributed by atoms with Crippen LogP contribution >= 0.6 is 0 Å². The first kappa shape index (κ1) is 31.0. The third kappa shape index (κ3) is 15.0. The Hall–Kier alpha value is -2.19. The van der Waals surface area contributed by atoms with E-state index in [0.717, 1.165) is 44.8 Å². The molecular formula is C28H45N3O6. The molecule has 1 fully saturated rings. The van der Waals surface area contributed by atoms with Crippen LogP contribution in [0.3, 0.4) is 0 Å². The van der Waals surface area contributed by atoms with E-state index < -0.39 is 5.60 Å². The number of carbonyl (C=O) groups excluding carboxylic acids is 1. The third-order valence-corrected chi connectivity index (χ3v) is 5.65. The lowest BCUT2D eigenvalue weighted by Gasteiger charge is -2.36. The maximum Gasteiger partial charge on any atom is 0.408 e. The summed E-state index contributed by atoms with van der Waals surface area (Å²) in [5.41, 5.74) is 0.546. The Morgan fingerprint density at radius 1 is 0.892 bits per heavy atom. The summed E-state index contributed by atoms with van der Waals surface area (Å²) in [6.45, 7) is 15.3. The van der Waals surface area contributed by atoms with Gasteiger partial charge in [0.25, 0.3) is 0 Å². The van der Waals surface area contributed by atoms with Gasteiger partial charge in [0.05, 0.1) is 52.3 Å². The standard InChI is InChI=1S/C28H45N3O6/c1-5-16-33-18-20-35-22-23-36-21-19-34-17-15-30-11-13-31(14-12-30)24-26(25-9-7-6-8-10-25)29-27(32)37-28(2,3)4/h1,6-10,26H,11-24H2,2-4H3,(H,29,32)/t26-/m0/s1. The van der Waals surface area contributed by atoms with E-state index in [9.17, 15) is 4.79 Å². The molecule has 1 amide bonds. The first-order valence-corrected chi connectivity index (χ1v) is 13.1. The molecule has 1 aromatic rings. The van der Waals surface area contributed by atoms with Gasteiger partial charge in [-0.3, -0.25) is 9.80 Å². The summed E-state index contributed by atoms with van der Waals surface area (Å²) in [7, 11) is 0. The second-order valence-corrected chi connectivity index (χ2v) is 9.85. The Morgan fingerprint density at radius 3 is 2.00 bits per heavy atom. The van der Waals surface area contributed by atoms with Gasteiger partial charge in [0.15, 0.2) is 0 Å². The van der Waals surface area contributed by atoms with Crippen LogP contribution in [0.2, 0.25) is 0 Å². The van der Waals surface area contributed by atoms with E-state index in [1.54, 1.807) is 0 Å². The van der Waals surface area contributed by atoms with E-state index in [4.69, 9.17) is 30.1 Å². The Bertz CT molecular complexity index is 772. The number of nitrogens with one attached hydrogen (secondary N) is 1. The number of benzene rings is 1. The van der Waals surface area contributed by atoms with Crippen LogP contribution in [0.15, 0.2) is 30.3 Å². The smallest absolute Gasteiger partial charge is 0.408 e. The molecule has 1 aliphatic rings. The molecule has 0 aliphatic carbocycles. The van der Waals surface area contributed by atoms with Crippen LogP contribution in [-0.4, -0.2) is 114 Å². The van der Waals surface area contributed by atoms with E-state index in [-0.39, 0.29) is 12.1 Å². The Labute approximate surface area is 222 Å². The van der Waals surface area contributed by atoms with Crippen molar-refractivity contribution >= 4 is 6.09 Å². The minimum absolute atomic E-state index is 0.127. The molecular weight excluding hydrogens is 474 g/mol. The number of terminal acetylenes is 1. The molecule has 0 aromatic heterocycles. The summed E-state index contributed by atoms with van der Waals surface area (Å²) in [6, 6.07) is 9.94. The highest BCUT2D eigenvalue weighted by Gasteiger charge is 2.24. The van der Waals surface area contributed by atoms with Crippen molar-refractivity contribution in [1.29, 1.82) is 0 Å². The van der Waals surface area contributed by atoms with Gasteiger partial charge in [-0.25, -0.2) is 4.79 Å². The first-order valence-electron chi connectivity index (χ1n) is 13.1.